The first-order valence-corrected chi connectivity index (χ1v) is 10.8. The number of halogens is 2. The molecule has 0 aliphatic rings. The van der Waals surface area contributed by atoms with Crippen LogP contribution in [-0.2, 0) is 4.43 Å². The number of benzene rings is 1. The smallest absolute Gasteiger partial charge is 0.262 e. The highest BCUT2D eigenvalue weighted by Gasteiger charge is 2.35. The third-order valence-electron chi connectivity index (χ3n) is 4.29. The molecule has 0 N–H and O–H groups in total. The second kappa shape index (κ2) is 8.29. The van der Waals surface area contributed by atoms with E-state index in [0.29, 0.717) is 15.6 Å². The Balaban J connectivity index is 3.09. The number of rotatable bonds is 8. The number of hydrogen-bond donors (Lipinski definition) is 0. The fourth-order valence-corrected chi connectivity index (χ4v) is 6.06. The van der Waals surface area contributed by atoms with Gasteiger partial charge in [0, 0.05) is 4.92 Å². The largest absolute Gasteiger partial charge is 0.409 e. The molecule has 0 aliphatic carbocycles. The van der Waals surface area contributed by atoms with Crippen molar-refractivity contribution in [2.45, 2.75) is 51.9 Å². The van der Waals surface area contributed by atoms with Gasteiger partial charge in [-0.1, -0.05) is 44.0 Å². The van der Waals surface area contributed by atoms with E-state index >= 15 is 0 Å². The number of nitro groups is 1. The van der Waals surface area contributed by atoms with Gasteiger partial charge in [-0.25, -0.2) is 0 Å². The molecule has 7 heteroatoms. The van der Waals surface area contributed by atoms with Gasteiger partial charge in [-0.05, 0) is 42.8 Å². The van der Waals surface area contributed by atoms with Gasteiger partial charge < -0.3 is 4.43 Å². The van der Waals surface area contributed by atoms with E-state index in [4.69, 9.17) is 27.6 Å². The molecule has 0 amide bonds. The Kier molecular flexibility index (Phi) is 7.32. The molecule has 124 valence electrons. The Bertz CT molecular complexity index is 504. The molecular weight excluding hydrogens is 341 g/mol. The number of nitrogens with zero attached hydrogens (tertiary/aromatic N) is 1. The maximum atomic E-state index is 11.5. The minimum absolute atomic E-state index is 0.0250. The summed E-state index contributed by atoms with van der Waals surface area (Å²) in [6.07, 6.45) is 0. The van der Waals surface area contributed by atoms with E-state index in [2.05, 4.69) is 20.8 Å². The molecule has 0 radical (unpaired) electrons. The van der Waals surface area contributed by atoms with Crippen molar-refractivity contribution < 1.29 is 9.35 Å². The molecule has 0 aliphatic heterocycles. The Morgan fingerprint density at radius 1 is 1.18 bits per heavy atom. The van der Waals surface area contributed by atoms with Crippen LogP contribution < -0.4 is 0 Å². The predicted octanol–water partition coefficient (Wildman–Crippen LogP) is 5.64. The van der Waals surface area contributed by atoms with Gasteiger partial charge in [0.2, 0.25) is 0 Å². The summed E-state index contributed by atoms with van der Waals surface area (Å²) in [5.74, 6) is 0. The molecule has 0 aromatic heterocycles. The first-order chi connectivity index (χ1) is 10.3. The average Bonchev–Trinajstić information content (AvgIpc) is 2.45. The van der Waals surface area contributed by atoms with Crippen LogP contribution in [0.5, 0.6) is 0 Å². The predicted molar refractivity (Wildman–Crippen MR) is 94.1 cm³/mol. The summed E-state index contributed by atoms with van der Waals surface area (Å²) in [4.78, 5) is 11.1. The molecule has 1 aromatic rings. The van der Waals surface area contributed by atoms with Crippen LogP contribution in [0.4, 0.5) is 0 Å². The van der Waals surface area contributed by atoms with Gasteiger partial charge in [0.05, 0.1) is 15.6 Å². The minimum atomic E-state index is -1.90. The lowest BCUT2D eigenvalue weighted by atomic mass is 10.1. The molecule has 22 heavy (non-hydrogen) atoms. The zero-order valence-corrected chi connectivity index (χ0v) is 16.0. The molecule has 0 fully saturated rings. The van der Waals surface area contributed by atoms with Crippen LogP contribution in [0.25, 0.3) is 0 Å². The van der Waals surface area contributed by atoms with Crippen LogP contribution in [0.2, 0.25) is 28.2 Å². The van der Waals surface area contributed by atoms with Crippen LogP contribution in [0.15, 0.2) is 12.1 Å². The first-order valence-electron chi connectivity index (χ1n) is 7.53. The van der Waals surface area contributed by atoms with Gasteiger partial charge in [0.15, 0.2) is 8.32 Å². The van der Waals surface area contributed by atoms with Crippen molar-refractivity contribution in [3.63, 3.8) is 0 Å². The number of hydrogen-bond acceptors (Lipinski definition) is 3. The Hall–Kier alpha value is -0.623. The summed E-state index contributed by atoms with van der Waals surface area (Å²) in [5.41, 5.74) is 1.23. The van der Waals surface area contributed by atoms with Gasteiger partial charge in [-0.3, -0.25) is 10.1 Å². The van der Waals surface area contributed by atoms with Gasteiger partial charge in [-0.15, -0.1) is 0 Å². The van der Waals surface area contributed by atoms with Gasteiger partial charge in [0.25, 0.3) is 6.04 Å². The maximum Gasteiger partial charge on any atom is 0.262 e. The highest BCUT2D eigenvalue weighted by atomic mass is 35.5. The van der Waals surface area contributed by atoms with Gasteiger partial charge >= 0.3 is 0 Å². The average molecular weight is 364 g/mol. The summed E-state index contributed by atoms with van der Waals surface area (Å²) in [6, 6.07) is 5.20. The van der Waals surface area contributed by atoms with Gasteiger partial charge in [0.1, 0.15) is 6.61 Å². The van der Waals surface area contributed by atoms with Crippen LogP contribution in [-0.4, -0.2) is 19.8 Å². The van der Waals surface area contributed by atoms with Crippen LogP contribution in [0.3, 0.4) is 0 Å². The zero-order valence-electron chi connectivity index (χ0n) is 13.5. The maximum absolute atomic E-state index is 11.5. The molecule has 0 bridgehead atoms. The van der Waals surface area contributed by atoms with Crippen molar-refractivity contribution >= 4 is 31.5 Å². The SMILES string of the molecule is CC[Si](CC)(CC)OCC(c1c(Cl)cc(C)cc1Cl)[N+](=O)[O-]. The highest BCUT2D eigenvalue weighted by Crippen LogP contribution is 2.34. The molecular formula is C15H23Cl2NO3Si. The molecule has 0 saturated carbocycles. The Morgan fingerprint density at radius 2 is 1.64 bits per heavy atom. The summed E-state index contributed by atoms with van der Waals surface area (Å²) in [7, 11) is -1.90. The second-order valence-electron chi connectivity index (χ2n) is 5.50. The quantitative estimate of drug-likeness (QED) is 0.341. The third kappa shape index (κ3) is 4.44. The first kappa shape index (κ1) is 19.4. The second-order valence-corrected chi connectivity index (χ2v) is 11.1. The van der Waals surface area contributed by atoms with Gasteiger partial charge in [-0.2, -0.15) is 0 Å². The van der Waals surface area contributed by atoms with Crippen molar-refractivity contribution in [3.8, 4) is 0 Å². The Labute approximate surface area is 143 Å². The minimum Gasteiger partial charge on any atom is -0.409 e. The van der Waals surface area contributed by atoms with E-state index in [-0.39, 0.29) is 11.5 Å². The summed E-state index contributed by atoms with van der Waals surface area (Å²) < 4.78 is 6.08. The van der Waals surface area contributed by atoms with E-state index in [9.17, 15) is 10.1 Å². The van der Waals surface area contributed by atoms with Crippen molar-refractivity contribution in [2.75, 3.05) is 6.61 Å². The van der Waals surface area contributed by atoms with Crippen LogP contribution >= 0.6 is 23.2 Å². The normalized spacial score (nSPS) is 13.2. The lowest BCUT2D eigenvalue weighted by Crippen LogP contribution is -2.38. The molecule has 0 spiro atoms. The van der Waals surface area contributed by atoms with Crippen LogP contribution in [0, 0.1) is 17.0 Å². The van der Waals surface area contributed by atoms with Crippen molar-refractivity contribution in [1.29, 1.82) is 0 Å². The molecule has 1 rings (SSSR count). The summed E-state index contributed by atoms with van der Waals surface area (Å²) in [5, 5.41) is 12.1. The molecule has 1 atom stereocenters. The van der Waals surface area contributed by atoms with E-state index in [1.54, 1.807) is 12.1 Å². The molecule has 1 unspecified atom stereocenters. The highest BCUT2D eigenvalue weighted by molar-refractivity contribution is 6.73. The lowest BCUT2D eigenvalue weighted by Gasteiger charge is -2.28. The fourth-order valence-electron chi connectivity index (χ4n) is 2.59. The standard InChI is InChI=1S/C15H23Cl2NO3Si/c1-5-22(6-2,7-3)21-10-14(18(19)20)15-12(16)8-11(4)9-13(15)17/h8-9,14H,5-7,10H2,1-4H3. The van der Waals surface area contributed by atoms with Crippen molar-refractivity contribution in [1.82, 2.24) is 0 Å². The lowest BCUT2D eigenvalue weighted by molar-refractivity contribution is -0.531. The molecule has 4 nitrogen and oxygen atoms in total. The summed E-state index contributed by atoms with van der Waals surface area (Å²) >= 11 is 12.4. The molecule has 1 aromatic carbocycles. The van der Waals surface area contributed by atoms with E-state index in [1.807, 2.05) is 6.92 Å². The zero-order chi connectivity index (χ0) is 16.9. The van der Waals surface area contributed by atoms with E-state index in [0.717, 1.165) is 23.7 Å². The topological polar surface area (TPSA) is 52.4 Å². The third-order valence-corrected chi connectivity index (χ3v) is 9.56. The molecule has 0 saturated heterocycles. The molecule has 0 heterocycles. The van der Waals surface area contributed by atoms with Crippen molar-refractivity contribution in [2.24, 2.45) is 0 Å². The monoisotopic (exact) mass is 363 g/mol. The summed E-state index contributed by atoms with van der Waals surface area (Å²) in [6.45, 7) is 8.14. The Morgan fingerprint density at radius 3 is 2.00 bits per heavy atom. The number of aryl methyl sites for hydroxylation is 1. The van der Waals surface area contributed by atoms with Crippen LogP contribution in [0.1, 0.15) is 37.9 Å². The van der Waals surface area contributed by atoms with E-state index < -0.39 is 14.4 Å². The van der Waals surface area contributed by atoms with Crippen molar-refractivity contribution in [3.05, 3.63) is 43.4 Å². The van der Waals surface area contributed by atoms with E-state index in [1.165, 1.54) is 0 Å². The fraction of sp³-hybridized carbons (Fsp3) is 0.600.